The molecule has 2 N–H and O–H groups in total. The van der Waals surface area contributed by atoms with Crippen LogP contribution in [0.2, 0.25) is 0 Å². The van der Waals surface area contributed by atoms with Crippen LogP contribution in [-0.4, -0.2) is 33.7 Å². The molecule has 1 heterocycles. The SMILES string of the molecule is CC(C)c1ccccc1NC(=O)COc1ccc(/C=C2/SC(=S)N(NC(=O)c3ccccc3)C2=O)cc1. The van der Waals surface area contributed by atoms with Crippen molar-refractivity contribution in [3.05, 3.63) is 100 Å². The van der Waals surface area contributed by atoms with Crippen LogP contribution in [0.3, 0.4) is 0 Å². The third kappa shape index (κ3) is 6.63. The van der Waals surface area contributed by atoms with Crippen LogP contribution in [0.4, 0.5) is 5.69 Å². The third-order valence-electron chi connectivity index (χ3n) is 5.45. The van der Waals surface area contributed by atoms with Gasteiger partial charge in [-0.1, -0.05) is 74.1 Å². The molecule has 1 saturated heterocycles. The maximum Gasteiger partial charge on any atom is 0.285 e. The molecule has 0 bridgehead atoms. The summed E-state index contributed by atoms with van der Waals surface area (Å²) in [6.45, 7) is 4.01. The number of amides is 3. The Kier molecular flexibility index (Phi) is 8.37. The minimum Gasteiger partial charge on any atom is -0.484 e. The molecule has 7 nitrogen and oxygen atoms in total. The van der Waals surface area contributed by atoms with Crippen molar-refractivity contribution in [2.75, 3.05) is 11.9 Å². The number of hydrazine groups is 1. The van der Waals surface area contributed by atoms with Gasteiger partial charge in [-0.25, -0.2) is 0 Å². The maximum absolute atomic E-state index is 12.8. The van der Waals surface area contributed by atoms with E-state index in [2.05, 4.69) is 24.6 Å². The molecule has 0 aliphatic carbocycles. The maximum atomic E-state index is 12.8. The van der Waals surface area contributed by atoms with Gasteiger partial charge < -0.3 is 10.1 Å². The lowest BCUT2D eigenvalue weighted by Crippen LogP contribution is -2.44. The molecule has 3 amide bonds. The fourth-order valence-corrected chi connectivity index (χ4v) is 4.76. The lowest BCUT2D eigenvalue weighted by atomic mass is 10.0. The zero-order valence-electron chi connectivity index (χ0n) is 20.3. The summed E-state index contributed by atoms with van der Waals surface area (Å²) < 4.78 is 5.87. The molecule has 1 fully saturated rings. The Morgan fingerprint density at radius 3 is 2.38 bits per heavy atom. The van der Waals surface area contributed by atoms with Gasteiger partial charge in [-0.05, 0) is 65.7 Å². The van der Waals surface area contributed by atoms with Crippen molar-refractivity contribution >= 4 is 57.8 Å². The second kappa shape index (κ2) is 11.9. The number of para-hydroxylation sites is 1. The average molecular weight is 532 g/mol. The number of hydrogen-bond donors (Lipinski definition) is 2. The van der Waals surface area contributed by atoms with Crippen molar-refractivity contribution in [3.63, 3.8) is 0 Å². The number of rotatable bonds is 8. The van der Waals surface area contributed by atoms with Gasteiger partial charge in [-0.3, -0.25) is 19.8 Å². The number of nitrogens with one attached hydrogen (secondary N) is 2. The van der Waals surface area contributed by atoms with Crippen LogP contribution in [-0.2, 0) is 9.59 Å². The van der Waals surface area contributed by atoms with E-state index in [9.17, 15) is 14.4 Å². The highest BCUT2D eigenvalue weighted by atomic mass is 32.2. The minimum absolute atomic E-state index is 0.133. The summed E-state index contributed by atoms with van der Waals surface area (Å²) in [5.41, 5.74) is 5.57. The number of ether oxygens (including phenoxy) is 1. The molecule has 0 unspecified atom stereocenters. The monoisotopic (exact) mass is 531 g/mol. The van der Waals surface area contributed by atoms with Crippen LogP contribution in [0.5, 0.6) is 5.75 Å². The molecule has 3 aromatic rings. The second-order valence-corrected chi connectivity index (χ2v) is 10.1. The smallest absolute Gasteiger partial charge is 0.285 e. The van der Waals surface area contributed by atoms with Crippen LogP contribution in [0.15, 0.2) is 83.8 Å². The van der Waals surface area contributed by atoms with E-state index in [4.69, 9.17) is 17.0 Å². The highest BCUT2D eigenvalue weighted by Gasteiger charge is 2.33. The summed E-state index contributed by atoms with van der Waals surface area (Å²) in [6.07, 6.45) is 1.69. The molecule has 0 radical (unpaired) electrons. The van der Waals surface area contributed by atoms with E-state index in [0.717, 1.165) is 33.6 Å². The number of anilines is 1. The topological polar surface area (TPSA) is 87.7 Å². The molecule has 4 rings (SSSR count). The predicted octanol–water partition coefficient (Wildman–Crippen LogP) is 5.37. The zero-order chi connectivity index (χ0) is 26.4. The van der Waals surface area contributed by atoms with Crippen molar-refractivity contribution in [2.24, 2.45) is 0 Å². The quantitative estimate of drug-likeness (QED) is 0.300. The van der Waals surface area contributed by atoms with E-state index >= 15 is 0 Å². The molecule has 9 heteroatoms. The fourth-order valence-electron chi connectivity index (χ4n) is 3.58. The Labute approximate surface area is 224 Å². The molecular weight excluding hydrogens is 506 g/mol. The van der Waals surface area contributed by atoms with Crippen molar-refractivity contribution in [3.8, 4) is 5.75 Å². The average Bonchev–Trinajstić information content (AvgIpc) is 3.16. The van der Waals surface area contributed by atoms with Crippen molar-refractivity contribution < 1.29 is 19.1 Å². The van der Waals surface area contributed by atoms with Gasteiger partial charge >= 0.3 is 0 Å². The first-order valence-electron chi connectivity index (χ1n) is 11.6. The number of carbonyl (C=O) groups is 3. The number of thioether (sulfide) groups is 1. The molecule has 0 aromatic heterocycles. The zero-order valence-corrected chi connectivity index (χ0v) is 21.9. The lowest BCUT2D eigenvalue weighted by molar-refractivity contribution is -0.123. The van der Waals surface area contributed by atoms with Gasteiger partial charge in [0.1, 0.15) is 5.75 Å². The molecule has 1 aliphatic heterocycles. The van der Waals surface area contributed by atoms with Gasteiger partial charge in [0.05, 0.1) is 4.91 Å². The van der Waals surface area contributed by atoms with E-state index < -0.39 is 11.8 Å². The van der Waals surface area contributed by atoms with Crippen LogP contribution in [0.25, 0.3) is 6.08 Å². The molecule has 0 atom stereocenters. The van der Waals surface area contributed by atoms with Gasteiger partial charge in [0, 0.05) is 11.3 Å². The van der Waals surface area contributed by atoms with Crippen molar-refractivity contribution in [2.45, 2.75) is 19.8 Å². The predicted molar refractivity (Wildman–Crippen MR) is 150 cm³/mol. The molecule has 37 heavy (non-hydrogen) atoms. The Morgan fingerprint density at radius 1 is 1.00 bits per heavy atom. The second-order valence-electron chi connectivity index (χ2n) is 8.47. The molecule has 188 valence electrons. The highest BCUT2D eigenvalue weighted by molar-refractivity contribution is 8.26. The normalized spacial score (nSPS) is 14.2. The number of thiocarbonyl (C=S) groups is 1. The van der Waals surface area contributed by atoms with E-state index in [1.807, 2.05) is 24.3 Å². The minimum atomic E-state index is -0.420. The van der Waals surface area contributed by atoms with E-state index in [-0.39, 0.29) is 22.8 Å². The summed E-state index contributed by atoms with van der Waals surface area (Å²) in [6, 6.07) is 23.3. The largest absolute Gasteiger partial charge is 0.484 e. The van der Waals surface area contributed by atoms with Crippen LogP contribution < -0.4 is 15.5 Å². The molecule has 3 aromatic carbocycles. The molecule has 0 saturated carbocycles. The fraction of sp³-hybridized carbons (Fsp3) is 0.143. The van der Waals surface area contributed by atoms with Gasteiger partial charge in [-0.2, -0.15) is 5.01 Å². The Morgan fingerprint density at radius 2 is 1.68 bits per heavy atom. The number of hydrogen-bond acceptors (Lipinski definition) is 6. The van der Waals surface area contributed by atoms with Crippen molar-refractivity contribution in [1.29, 1.82) is 0 Å². The lowest BCUT2D eigenvalue weighted by Gasteiger charge is -2.15. The van der Waals surface area contributed by atoms with Gasteiger partial charge in [0.15, 0.2) is 10.9 Å². The molecular formula is C28H25N3O4S2. The van der Waals surface area contributed by atoms with Gasteiger partial charge in [-0.15, -0.1) is 0 Å². The first-order valence-corrected chi connectivity index (χ1v) is 12.8. The number of nitrogens with zero attached hydrogens (tertiary/aromatic N) is 1. The summed E-state index contributed by atoms with van der Waals surface area (Å²) in [5.74, 6) is -0.273. The van der Waals surface area contributed by atoms with Gasteiger partial charge in [0.25, 0.3) is 17.7 Å². The molecule has 0 spiro atoms. The Balaban J connectivity index is 1.33. The highest BCUT2D eigenvalue weighted by Crippen LogP contribution is 2.32. The number of benzene rings is 3. The van der Waals surface area contributed by atoms with E-state index in [1.165, 1.54) is 0 Å². The van der Waals surface area contributed by atoms with E-state index in [1.54, 1.807) is 60.7 Å². The van der Waals surface area contributed by atoms with E-state index in [0.29, 0.717) is 16.2 Å². The summed E-state index contributed by atoms with van der Waals surface area (Å²) in [4.78, 5) is 38.0. The van der Waals surface area contributed by atoms with Crippen LogP contribution in [0, 0.1) is 0 Å². The van der Waals surface area contributed by atoms with Gasteiger partial charge in [0.2, 0.25) is 0 Å². The first-order chi connectivity index (χ1) is 17.8. The third-order valence-corrected chi connectivity index (χ3v) is 6.75. The number of carbonyl (C=O) groups excluding carboxylic acids is 3. The summed E-state index contributed by atoms with van der Waals surface area (Å²) in [7, 11) is 0. The van der Waals surface area contributed by atoms with Crippen LogP contribution in [0.1, 0.15) is 41.3 Å². The standard InChI is InChI=1S/C28H25N3O4S2/c1-18(2)22-10-6-7-11-23(22)29-25(32)17-35-21-14-12-19(13-15-21)16-24-27(34)31(28(36)37-24)30-26(33)20-8-4-3-5-9-20/h3-16,18H,17H2,1-2H3,(H,29,32)(H,30,33)/b24-16+. The Hall–Kier alpha value is -3.95. The molecule has 1 aliphatic rings. The Bertz CT molecular complexity index is 1360. The van der Waals surface area contributed by atoms with Crippen LogP contribution >= 0.6 is 24.0 Å². The first kappa shape index (κ1) is 26.1. The summed E-state index contributed by atoms with van der Waals surface area (Å²) >= 11 is 6.39. The summed E-state index contributed by atoms with van der Waals surface area (Å²) in [5, 5.41) is 3.98. The van der Waals surface area contributed by atoms with Crippen molar-refractivity contribution in [1.82, 2.24) is 10.4 Å².